The van der Waals surface area contributed by atoms with E-state index in [0.29, 0.717) is 18.7 Å². The van der Waals surface area contributed by atoms with Gasteiger partial charge in [0, 0.05) is 18.8 Å². The van der Waals surface area contributed by atoms with Gasteiger partial charge in [-0.3, -0.25) is 4.79 Å². The summed E-state index contributed by atoms with van der Waals surface area (Å²) >= 11 is 0. The summed E-state index contributed by atoms with van der Waals surface area (Å²) in [6.45, 7) is 2.88. The number of methoxy groups -OCH3 is 1. The number of hydrogen-bond donors (Lipinski definition) is 1. The molecule has 0 aliphatic heterocycles. The van der Waals surface area contributed by atoms with Crippen LogP contribution >= 0.6 is 0 Å². The lowest BCUT2D eigenvalue weighted by Gasteiger charge is -2.25. The second-order valence-corrected chi connectivity index (χ2v) is 5.73. The third kappa shape index (κ3) is 5.08. The van der Waals surface area contributed by atoms with Crippen LogP contribution in [0.5, 0.6) is 0 Å². The van der Waals surface area contributed by atoms with Crippen molar-refractivity contribution < 1.29 is 19.4 Å². The van der Waals surface area contributed by atoms with Crippen LogP contribution in [0.25, 0.3) is 0 Å². The van der Waals surface area contributed by atoms with Crippen LogP contribution in [0.2, 0.25) is 0 Å². The second-order valence-electron chi connectivity index (χ2n) is 5.73. The number of carbonyl (C=O) groups is 2. The fraction of sp³-hybridized carbons (Fsp3) is 0.300. The average Bonchev–Trinajstić information content (AvgIpc) is 2.64. The normalized spacial score (nSPS) is 10.3. The number of carboxylic acid groups (broad SMARTS) is 1. The molecule has 5 nitrogen and oxygen atoms in total. The van der Waals surface area contributed by atoms with E-state index in [9.17, 15) is 9.59 Å². The molecule has 0 aliphatic rings. The van der Waals surface area contributed by atoms with Gasteiger partial charge in [0.1, 0.15) is 0 Å². The molecule has 0 bridgehead atoms. The van der Waals surface area contributed by atoms with Crippen molar-refractivity contribution in [2.45, 2.75) is 26.3 Å². The second kappa shape index (κ2) is 8.87. The zero-order chi connectivity index (χ0) is 18.2. The first kappa shape index (κ1) is 18.5. The molecule has 0 unspecified atom stereocenters. The van der Waals surface area contributed by atoms with Gasteiger partial charge in [0.2, 0.25) is 0 Å². The van der Waals surface area contributed by atoms with Crippen molar-refractivity contribution in [3.05, 3.63) is 65.2 Å². The van der Waals surface area contributed by atoms with Crippen molar-refractivity contribution in [1.82, 2.24) is 0 Å². The van der Waals surface area contributed by atoms with Crippen LogP contribution in [-0.4, -0.2) is 30.7 Å². The predicted octanol–water partition coefficient (Wildman–Crippen LogP) is 3.52. The summed E-state index contributed by atoms with van der Waals surface area (Å²) in [5, 5.41) is 9.04. The first-order valence-corrected chi connectivity index (χ1v) is 8.27. The molecule has 0 radical (unpaired) electrons. The Morgan fingerprint density at radius 3 is 2.36 bits per heavy atom. The van der Waals surface area contributed by atoms with Crippen LogP contribution in [0.3, 0.4) is 0 Å². The molecule has 0 saturated carbocycles. The van der Waals surface area contributed by atoms with Crippen molar-refractivity contribution in [1.29, 1.82) is 0 Å². The molecule has 2 aromatic carbocycles. The summed E-state index contributed by atoms with van der Waals surface area (Å²) in [6, 6.07) is 15.3. The third-order valence-electron chi connectivity index (χ3n) is 4.09. The Morgan fingerprint density at radius 2 is 1.76 bits per heavy atom. The molecule has 0 fully saturated rings. The zero-order valence-corrected chi connectivity index (χ0v) is 14.6. The van der Waals surface area contributed by atoms with Crippen LogP contribution in [0.15, 0.2) is 48.5 Å². The molecule has 0 atom stereocenters. The number of nitrogens with zero attached hydrogens (tertiary/aromatic N) is 1. The van der Waals surface area contributed by atoms with Gasteiger partial charge in [-0.15, -0.1) is 0 Å². The van der Waals surface area contributed by atoms with Crippen LogP contribution < -0.4 is 4.90 Å². The molecule has 2 aromatic rings. The molecule has 5 heteroatoms. The lowest BCUT2D eigenvalue weighted by Crippen LogP contribution is -2.26. The maximum atomic E-state index is 12.0. The molecule has 0 saturated heterocycles. The number of carbonyl (C=O) groups excluding carboxylic acids is 1. The first-order chi connectivity index (χ1) is 12.0. The number of ether oxygens (including phenoxy) is 1. The number of aryl methyl sites for hydroxylation is 1. The molecule has 0 heterocycles. The number of carboxylic acids is 1. The summed E-state index contributed by atoms with van der Waals surface area (Å²) in [5.41, 5.74) is 3.45. The SMILES string of the molecule is CCc1ccc(N(CCC(=O)O)Cc2ccccc2C(=O)OC)cc1. The fourth-order valence-electron chi connectivity index (χ4n) is 2.65. The van der Waals surface area contributed by atoms with E-state index in [1.807, 2.05) is 41.3 Å². The number of esters is 1. The van der Waals surface area contributed by atoms with Gasteiger partial charge < -0.3 is 14.7 Å². The van der Waals surface area contributed by atoms with Crippen LogP contribution in [0.1, 0.15) is 34.8 Å². The Morgan fingerprint density at radius 1 is 1.08 bits per heavy atom. The topological polar surface area (TPSA) is 66.8 Å². The minimum Gasteiger partial charge on any atom is -0.481 e. The predicted molar refractivity (Wildman–Crippen MR) is 96.9 cm³/mol. The molecule has 1 N–H and O–H groups in total. The largest absolute Gasteiger partial charge is 0.481 e. The Balaban J connectivity index is 2.29. The summed E-state index contributed by atoms with van der Waals surface area (Å²) in [6.07, 6.45) is 0.969. The maximum absolute atomic E-state index is 12.0. The summed E-state index contributed by atoms with van der Waals surface area (Å²) in [7, 11) is 1.35. The highest BCUT2D eigenvalue weighted by Crippen LogP contribution is 2.21. The molecule has 0 aliphatic carbocycles. The number of anilines is 1. The van der Waals surface area contributed by atoms with E-state index < -0.39 is 11.9 Å². The van der Waals surface area contributed by atoms with E-state index in [0.717, 1.165) is 17.7 Å². The number of benzene rings is 2. The van der Waals surface area contributed by atoms with E-state index in [-0.39, 0.29) is 6.42 Å². The highest BCUT2D eigenvalue weighted by atomic mass is 16.5. The minimum absolute atomic E-state index is 0.0237. The van der Waals surface area contributed by atoms with E-state index in [4.69, 9.17) is 9.84 Å². The highest BCUT2D eigenvalue weighted by molar-refractivity contribution is 5.91. The molecular weight excluding hydrogens is 318 g/mol. The minimum atomic E-state index is -0.851. The van der Waals surface area contributed by atoms with Gasteiger partial charge >= 0.3 is 11.9 Å². The van der Waals surface area contributed by atoms with Gasteiger partial charge in [-0.25, -0.2) is 4.79 Å². The fourth-order valence-corrected chi connectivity index (χ4v) is 2.65. The standard InChI is InChI=1S/C20H23NO4/c1-3-15-8-10-17(11-9-15)21(13-12-19(22)23)14-16-6-4-5-7-18(16)20(24)25-2/h4-11H,3,12-14H2,1-2H3,(H,22,23). The number of rotatable bonds is 8. The lowest BCUT2D eigenvalue weighted by molar-refractivity contribution is -0.136. The first-order valence-electron chi connectivity index (χ1n) is 8.27. The maximum Gasteiger partial charge on any atom is 0.338 e. The van der Waals surface area contributed by atoms with E-state index in [1.54, 1.807) is 12.1 Å². The Labute approximate surface area is 147 Å². The molecule has 0 amide bonds. The van der Waals surface area contributed by atoms with E-state index in [2.05, 4.69) is 6.92 Å². The van der Waals surface area contributed by atoms with Gasteiger partial charge in [-0.05, 0) is 35.7 Å². The van der Waals surface area contributed by atoms with Gasteiger partial charge in [-0.2, -0.15) is 0 Å². The molecule has 0 aromatic heterocycles. The van der Waals surface area contributed by atoms with Crippen molar-refractivity contribution in [3.8, 4) is 0 Å². The van der Waals surface area contributed by atoms with E-state index in [1.165, 1.54) is 12.7 Å². The summed E-state index contributed by atoms with van der Waals surface area (Å²) in [5.74, 6) is -1.24. The van der Waals surface area contributed by atoms with Gasteiger partial charge in [0.25, 0.3) is 0 Å². The lowest BCUT2D eigenvalue weighted by atomic mass is 10.1. The Hall–Kier alpha value is -2.82. The van der Waals surface area contributed by atoms with Gasteiger partial charge in [-0.1, -0.05) is 37.3 Å². The quantitative estimate of drug-likeness (QED) is 0.744. The Kier molecular flexibility index (Phi) is 6.57. The summed E-state index contributed by atoms with van der Waals surface area (Å²) < 4.78 is 4.84. The molecule has 25 heavy (non-hydrogen) atoms. The van der Waals surface area contributed by atoms with Crippen LogP contribution in [0, 0.1) is 0 Å². The molecule has 2 rings (SSSR count). The van der Waals surface area contributed by atoms with Crippen LogP contribution in [-0.2, 0) is 22.5 Å². The zero-order valence-electron chi connectivity index (χ0n) is 14.6. The van der Waals surface area contributed by atoms with Crippen LogP contribution in [0.4, 0.5) is 5.69 Å². The van der Waals surface area contributed by atoms with Crippen molar-refractivity contribution >= 4 is 17.6 Å². The molecule has 0 spiro atoms. The number of hydrogen-bond acceptors (Lipinski definition) is 4. The number of aliphatic carboxylic acids is 1. The average molecular weight is 341 g/mol. The van der Waals surface area contributed by atoms with Crippen molar-refractivity contribution in [2.24, 2.45) is 0 Å². The monoisotopic (exact) mass is 341 g/mol. The van der Waals surface area contributed by atoms with Crippen molar-refractivity contribution in [2.75, 3.05) is 18.6 Å². The molecule has 132 valence electrons. The van der Waals surface area contributed by atoms with Gasteiger partial charge in [0.15, 0.2) is 0 Å². The van der Waals surface area contributed by atoms with Gasteiger partial charge in [0.05, 0.1) is 19.1 Å². The molecular formula is C20H23NO4. The Bertz CT molecular complexity index is 725. The third-order valence-corrected chi connectivity index (χ3v) is 4.09. The smallest absolute Gasteiger partial charge is 0.338 e. The highest BCUT2D eigenvalue weighted by Gasteiger charge is 2.15. The van der Waals surface area contributed by atoms with E-state index >= 15 is 0 Å². The summed E-state index contributed by atoms with van der Waals surface area (Å²) in [4.78, 5) is 24.9. The van der Waals surface area contributed by atoms with Crippen molar-refractivity contribution in [3.63, 3.8) is 0 Å².